The number of nitrogens with one attached hydrogen (secondary N) is 1. The van der Waals surface area contributed by atoms with Gasteiger partial charge in [-0.2, -0.15) is 17.5 Å². The van der Waals surface area contributed by atoms with Crippen molar-refractivity contribution in [3.63, 3.8) is 0 Å². The van der Waals surface area contributed by atoms with Crippen molar-refractivity contribution in [1.29, 1.82) is 0 Å². The van der Waals surface area contributed by atoms with E-state index in [0.717, 1.165) is 18.6 Å². The number of halogens is 5. The number of amides is 1. The molecule has 0 aromatic heterocycles. The molecule has 0 unspecified atom stereocenters. The fraction of sp³-hybridized carbons (Fsp3) is 0.409. The van der Waals surface area contributed by atoms with E-state index >= 15 is 0 Å². The lowest BCUT2D eigenvalue weighted by Crippen LogP contribution is -2.37. The fourth-order valence-corrected chi connectivity index (χ4v) is 5.56. The number of carbonyl (C=O) groups excluding carboxylic acids is 1. The largest absolute Gasteiger partial charge is 0.419 e. The van der Waals surface area contributed by atoms with Crippen LogP contribution in [0.2, 0.25) is 5.02 Å². The molecule has 1 aliphatic rings. The molecule has 0 atom stereocenters. The number of nitrogens with zero attached hydrogens (tertiary/aromatic N) is 1. The summed E-state index contributed by atoms with van der Waals surface area (Å²) in [5.41, 5.74) is -0.241. The summed E-state index contributed by atoms with van der Waals surface area (Å²) in [7, 11) is -3.42. The van der Waals surface area contributed by atoms with E-state index in [1.165, 1.54) is 10.4 Å². The van der Waals surface area contributed by atoms with Crippen LogP contribution in [0.3, 0.4) is 0 Å². The average Bonchev–Trinajstić information content (AvgIpc) is 2.74. The van der Waals surface area contributed by atoms with Crippen molar-refractivity contribution in [3.8, 4) is 0 Å². The maximum atomic E-state index is 14.3. The van der Waals surface area contributed by atoms with E-state index in [1.54, 1.807) is 6.07 Å². The maximum absolute atomic E-state index is 14.3. The second kappa shape index (κ2) is 9.99. The Hall–Kier alpha value is -2.17. The van der Waals surface area contributed by atoms with E-state index in [4.69, 9.17) is 11.6 Å². The topological polar surface area (TPSA) is 66.5 Å². The average molecular weight is 507 g/mol. The minimum atomic E-state index is -4.87. The predicted molar refractivity (Wildman–Crippen MR) is 118 cm³/mol. The summed E-state index contributed by atoms with van der Waals surface area (Å²) in [6.45, 7) is 2.25. The van der Waals surface area contributed by atoms with Crippen LogP contribution in [0.1, 0.15) is 42.0 Å². The van der Waals surface area contributed by atoms with E-state index < -0.39 is 45.5 Å². The van der Waals surface area contributed by atoms with Crippen LogP contribution >= 0.6 is 11.6 Å². The van der Waals surface area contributed by atoms with Crippen LogP contribution in [0.5, 0.6) is 0 Å². The first-order chi connectivity index (χ1) is 15.4. The molecule has 0 saturated heterocycles. The first-order valence-corrected chi connectivity index (χ1v) is 12.3. The zero-order chi connectivity index (χ0) is 24.4. The van der Waals surface area contributed by atoms with Gasteiger partial charge < -0.3 is 5.32 Å². The first-order valence-electron chi connectivity index (χ1n) is 10.4. The number of unbranched alkanes of at least 4 members (excludes halogenated alkanes) is 1. The quantitative estimate of drug-likeness (QED) is 0.527. The van der Waals surface area contributed by atoms with Gasteiger partial charge in [-0.3, -0.25) is 4.79 Å². The molecule has 1 aliphatic heterocycles. The van der Waals surface area contributed by atoms with Crippen molar-refractivity contribution in [1.82, 2.24) is 4.31 Å². The molecule has 1 N–H and O–H groups in total. The Bertz CT molecular complexity index is 1150. The lowest BCUT2D eigenvalue weighted by atomic mass is 9.98. The van der Waals surface area contributed by atoms with Crippen molar-refractivity contribution in [2.75, 3.05) is 17.6 Å². The molecule has 0 saturated carbocycles. The highest BCUT2D eigenvalue weighted by atomic mass is 35.5. The summed E-state index contributed by atoms with van der Waals surface area (Å²) in [5, 5.41) is 2.78. The van der Waals surface area contributed by atoms with Gasteiger partial charge in [0.2, 0.25) is 15.9 Å². The first kappa shape index (κ1) is 25.5. The van der Waals surface area contributed by atoms with Crippen LogP contribution in [-0.4, -0.2) is 30.9 Å². The second-order valence-electron chi connectivity index (χ2n) is 7.81. The molecule has 0 spiro atoms. The molecular formula is C22H23ClF4N2O3S. The Labute approximate surface area is 194 Å². The van der Waals surface area contributed by atoms with E-state index in [-0.39, 0.29) is 29.6 Å². The summed E-state index contributed by atoms with van der Waals surface area (Å²) >= 11 is 6.25. The zero-order valence-corrected chi connectivity index (χ0v) is 19.4. The monoisotopic (exact) mass is 506 g/mol. The van der Waals surface area contributed by atoms with Gasteiger partial charge in [0, 0.05) is 13.1 Å². The molecule has 33 heavy (non-hydrogen) atoms. The number of carbonyl (C=O) groups is 1. The van der Waals surface area contributed by atoms with Gasteiger partial charge in [0.15, 0.2) is 0 Å². The zero-order valence-electron chi connectivity index (χ0n) is 17.8. The van der Waals surface area contributed by atoms with Crippen LogP contribution in [-0.2, 0) is 40.4 Å². The molecule has 11 heteroatoms. The Kier molecular flexibility index (Phi) is 7.70. The van der Waals surface area contributed by atoms with Crippen molar-refractivity contribution < 1.29 is 30.8 Å². The lowest BCUT2D eigenvalue weighted by Gasteiger charge is -2.30. The third-order valence-corrected chi connectivity index (χ3v) is 7.68. The normalized spacial score (nSPS) is 14.7. The SMILES string of the molecule is CCCCS(=O)(=O)N1CCc2c(ccc(Cl)c2NC(=O)Cc2cccc(C(F)(F)F)c2F)C1. The molecule has 1 amide bonds. The van der Waals surface area contributed by atoms with Crippen molar-refractivity contribution in [3.05, 3.63) is 63.4 Å². The van der Waals surface area contributed by atoms with Gasteiger partial charge in [0.1, 0.15) is 5.82 Å². The molecule has 180 valence electrons. The van der Waals surface area contributed by atoms with Crippen molar-refractivity contribution in [2.45, 2.75) is 45.3 Å². The number of hydrogen-bond donors (Lipinski definition) is 1. The standard InChI is InChI=1S/C22H23ClF4N2O3S/c1-2-3-11-33(31,32)29-10-9-16-15(13-29)7-8-18(23)21(16)28-19(30)12-14-5-4-6-17(20(14)24)22(25,26)27/h4-8H,2-3,9-13H2,1H3,(H,28,30). The Morgan fingerprint density at radius 1 is 1.21 bits per heavy atom. The highest BCUT2D eigenvalue weighted by Crippen LogP contribution is 2.35. The third-order valence-electron chi connectivity index (χ3n) is 5.47. The second-order valence-corrected chi connectivity index (χ2v) is 10.3. The Balaban J connectivity index is 1.80. The molecule has 3 rings (SSSR count). The molecule has 0 radical (unpaired) electrons. The highest BCUT2D eigenvalue weighted by molar-refractivity contribution is 7.89. The van der Waals surface area contributed by atoms with E-state index in [0.29, 0.717) is 30.0 Å². The molecule has 1 heterocycles. The molecule has 2 aromatic rings. The Morgan fingerprint density at radius 3 is 2.61 bits per heavy atom. The van der Waals surface area contributed by atoms with Gasteiger partial charge in [-0.1, -0.05) is 43.1 Å². The minimum absolute atomic E-state index is 0.0541. The van der Waals surface area contributed by atoms with Gasteiger partial charge in [0.25, 0.3) is 0 Å². The number of hydrogen-bond acceptors (Lipinski definition) is 3. The van der Waals surface area contributed by atoms with E-state index in [9.17, 15) is 30.8 Å². The number of sulfonamides is 1. The number of rotatable bonds is 7. The van der Waals surface area contributed by atoms with Crippen LogP contribution in [0.25, 0.3) is 0 Å². The lowest BCUT2D eigenvalue weighted by molar-refractivity contribution is -0.140. The van der Waals surface area contributed by atoms with Gasteiger partial charge in [-0.15, -0.1) is 0 Å². The highest BCUT2D eigenvalue weighted by Gasteiger charge is 2.35. The maximum Gasteiger partial charge on any atom is 0.419 e. The van der Waals surface area contributed by atoms with E-state index in [2.05, 4.69) is 5.32 Å². The van der Waals surface area contributed by atoms with Crippen molar-refractivity contribution in [2.24, 2.45) is 0 Å². The minimum Gasteiger partial charge on any atom is -0.324 e. The number of alkyl halides is 3. The number of fused-ring (bicyclic) bond motifs is 1. The third kappa shape index (κ3) is 5.85. The number of benzene rings is 2. The van der Waals surface area contributed by atoms with Gasteiger partial charge in [-0.25, -0.2) is 12.8 Å². The molecule has 0 fully saturated rings. The van der Waals surface area contributed by atoms with Gasteiger partial charge >= 0.3 is 6.18 Å². The van der Waals surface area contributed by atoms with Crippen molar-refractivity contribution >= 4 is 33.2 Å². The number of anilines is 1. The van der Waals surface area contributed by atoms with Crippen LogP contribution in [0, 0.1) is 5.82 Å². The molecule has 2 aromatic carbocycles. The van der Waals surface area contributed by atoms with Crippen LogP contribution in [0.15, 0.2) is 30.3 Å². The summed E-state index contributed by atoms with van der Waals surface area (Å²) in [6.07, 6.45) is -3.88. The van der Waals surface area contributed by atoms with Crippen LogP contribution < -0.4 is 5.32 Å². The van der Waals surface area contributed by atoms with Gasteiger partial charge in [-0.05, 0) is 41.7 Å². The fourth-order valence-electron chi connectivity index (χ4n) is 3.72. The van der Waals surface area contributed by atoms with Gasteiger partial charge in [0.05, 0.1) is 28.4 Å². The summed E-state index contributed by atoms with van der Waals surface area (Å²) < 4.78 is 79.5. The predicted octanol–water partition coefficient (Wildman–Crippen LogP) is 5.17. The Morgan fingerprint density at radius 2 is 1.94 bits per heavy atom. The van der Waals surface area contributed by atoms with Crippen LogP contribution in [0.4, 0.5) is 23.2 Å². The summed E-state index contributed by atoms with van der Waals surface area (Å²) in [6, 6.07) is 5.97. The molecule has 0 bridgehead atoms. The molecule has 0 aliphatic carbocycles. The van der Waals surface area contributed by atoms with E-state index in [1.807, 2.05) is 6.92 Å². The summed E-state index contributed by atoms with van der Waals surface area (Å²) in [4.78, 5) is 12.6. The molecular weight excluding hydrogens is 484 g/mol. The smallest absolute Gasteiger partial charge is 0.324 e. The molecule has 5 nitrogen and oxygen atoms in total. The summed E-state index contributed by atoms with van der Waals surface area (Å²) in [5.74, 6) is -2.17.